The predicted octanol–water partition coefficient (Wildman–Crippen LogP) is 7.37. The molecule has 0 saturated carbocycles. The van der Waals surface area contributed by atoms with Crippen LogP contribution in [0.5, 0.6) is 0 Å². The normalized spacial score (nSPS) is 16.8. The highest BCUT2D eigenvalue weighted by molar-refractivity contribution is 6.33. The zero-order valence-electron chi connectivity index (χ0n) is 19.7. The van der Waals surface area contributed by atoms with Crippen LogP contribution in [0.25, 0.3) is 0 Å². The van der Waals surface area contributed by atoms with E-state index in [0.29, 0.717) is 34.8 Å². The number of amides is 1. The number of allylic oxidation sites excluding steroid dienone is 2. The molecule has 0 spiro atoms. The van der Waals surface area contributed by atoms with Crippen LogP contribution in [0.3, 0.4) is 0 Å². The molecule has 3 aromatic carbocycles. The summed E-state index contributed by atoms with van der Waals surface area (Å²) in [6, 6.07) is 20.5. The predicted molar refractivity (Wildman–Crippen MR) is 142 cm³/mol. The van der Waals surface area contributed by atoms with Crippen LogP contribution >= 0.6 is 23.2 Å². The number of hydrogen-bond acceptors (Lipinski definition) is 3. The first-order valence-corrected chi connectivity index (χ1v) is 12.4. The van der Waals surface area contributed by atoms with E-state index in [1.165, 1.54) is 0 Å². The molecule has 2 N–H and O–H groups in total. The zero-order chi connectivity index (χ0) is 26.6. The van der Waals surface area contributed by atoms with Gasteiger partial charge in [-0.15, -0.1) is 0 Å². The second kappa shape index (κ2) is 11.4. The van der Waals surface area contributed by atoms with Crippen molar-refractivity contribution >= 4 is 40.5 Å². The average molecular weight is 546 g/mol. The van der Waals surface area contributed by atoms with Crippen LogP contribution in [-0.4, -0.2) is 35.3 Å². The lowest BCUT2D eigenvalue weighted by molar-refractivity contribution is -0.0925. The molecular weight excluding hydrogens is 522 g/mol. The number of carbonyl (C=O) groups is 1. The average Bonchev–Trinajstić information content (AvgIpc) is 3.32. The molecule has 0 aliphatic carbocycles. The van der Waals surface area contributed by atoms with E-state index in [2.05, 4.69) is 4.99 Å². The van der Waals surface area contributed by atoms with Crippen molar-refractivity contribution in [3.63, 3.8) is 0 Å². The number of halogens is 5. The van der Waals surface area contributed by atoms with Crippen molar-refractivity contribution in [2.75, 3.05) is 6.54 Å². The van der Waals surface area contributed by atoms with Crippen molar-refractivity contribution in [1.82, 2.24) is 4.90 Å². The van der Waals surface area contributed by atoms with E-state index in [4.69, 9.17) is 28.9 Å². The molecule has 0 bridgehead atoms. The minimum atomic E-state index is -4.72. The number of alkyl halides is 3. The molecule has 1 aliphatic heterocycles. The standard InChI is InChI=1S/C28H24Cl2F3N3O/c29-21-6-3-5-18(15-21)16-22-7-4-14-36(22)27(37)20-12-10-19(11-13-20)25(17-26(34)28(31,32)33)35-24-9-2-1-8-23(24)30/h1-3,5-6,8-13,15,17,22H,4,7,14,16,34H2/b26-17-,35-25?. The van der Waals surface area contributed by atoms with Gasteiger partial charge < -0.3 is 10.6 Å². The lowest BCUT2D eigenvalue weighted by Gasteiger charge is -2.25. The monoisotopic (exact) mass is 545 g/mol. The minimum Gasteiger partial charge on any atom is -0.395 e. The summed E-state index contributed by atoms with van der Waals surface area (Å²) >= 11 is 12.3. The lowest BCUT2D eigenvalue weighted by Crippen LogP contribution is -2.36. The molecule has 4 nitrogen and oxygen atoms in total. The second-order valence-corrected chi connectivity index (χ2v) is 9.60. The van der Waals surface area contributed by atoms with E-state index in [1.807, 2.05) is 29.2 Å². The Labute approximate surface area is 223 Å². The number of hydrogen-bond donors (Lipinski definition) is 1. The topological polar surface area (TPSA) is 58.7 Å². The van der Waals surface area contributed by atoms with E-state index in [1.54, 1.807) is 48.5 Å². The third-order valence-corrected chi connectivity index (χ3v) is 6.69. The Bertz CT molecular complexity index is 1340. The lowest BCUT2D eigenvalue weighted by atomic mass is 10.0. The molecule has 1 heterocycles. The zero-order valence-corrected chi connectivity index (χ0v) is 21.2. The Hall–Kier alpha value is -3.29. The van der Waals surface area contributed by atoms with Gasteiger partial charge in [0.1, 0.15) is 5.70 Å². The Morgan fingerprint density at radius 2 is 1.73 bits per heavy atom. The number of rotatable bonds is 6. The summed E-state index contributed by atoms with van der Waals surface area (Å²) in [5.41, 5.74) is 6.12. The number of nitrogens with zero attached hydrogens (tertiary/aromatic N) is 2. The molecule has 9 heteroatoms. The molecule has 1 unspecified atom stereocenters. The number of benzene rings is 3. The highest BCUT2D eigenvalue weighted by Gasteiger charge is 2.32. The number of likely N-dealkylation sites (tertiary alicyclic amines) is 1. The van der Waals surface area contributed by atoms with Gasteiger partial charge in [0.05, 0.1) is 16.4 Å². The molecule has 37 heavy (non-hydrogen) atoms. The van der Waals surface area contributed by atoms with Gasteiger partial charge in [-0.1, -0.05) is 59.6 Å². The van der Waals surface area contributed by atoms with Crippen molar-refractivity contribution in [2.24, 2.45) is 10.7 Å². The number of carbonyl (C=O) groups excluding carboxylic acids is 1. The highest BCUT2D eigenvalue weighted by Crippen LogP contribution is 2.28. The van der Waals surface area contributed by atoms with Crippen molar-refractivity contribution in [2.45, 2.75) is 31.5 Å². The van der Waals surface area contributed by atoms with E-state index in [0.717, 1.165) is 24.5 Å². The van der Waals surface area contributed by atoms with Crippen LogP contribution in [0.2, 0.25) is 10.0 Å². The Kier molecular flexibility index (Phi) is 8.25. The maximum atomic E-state index is 13.3. The third kappa shape index (κ3) is 6.73. The first kappa shape index (κ1) is 26.8. The van der Waals surface area contributed by atoms with Crippen molar-refractivity contribution < 1.29 is 18.0 Å². The summed E-state index contributed by atoms with van der Waals surface area (Å²) in [5, 5.41) is 0.934. The minimum absolute atomic E-state index is 0.0260. The fourth-order valence-corrected chi connectivity index (χ4v) is 4.67. The number of aliphatic imine (C=N–C) groups is 1. The van der Waals surface area contributed by atoms with Gasteiger partial charge in [0.15, 0.2) is 0 Å². The fourth-order valence-electron chi connectivity index (χ4n) is 4.28. The van der Waals surface area contributed by atoms with Crippen LogP contribution in [0.1, 0.15) is 34.3 Å². The number of nitrogens with two attached hydrogens (primary N) is 1. The Morgan fingerprint density at radius 3 is 2.41 bits per heavy atom. The van der Waals surface area contributed by atoms with Crippen molar-refractivity contribution in [1.29, 1.82) is 0 Å². The summed E-state index contributed by atoms with van der Waals surface area (Å²) in [5.74, 6) is -0.133. The maximum Gasteiger partial charge on any atom is 0.430 e. The molecule has 1 atom stereocenters. The van der Waals surface area contributed by atoms with Crippen LogP contribution < -0.4 is 5.73 Å². The number of para-hydroxylation sites is 1. The van der Waals surface area contributed by atoms with E-state index >= 15 is 0 Å². The second-order valence-electron chi connectivity index (χ2n) is 8.75. The largest absolute Gasteiger partial charge is 0.430 e. The van der Waals surface area contributed by atoms with Gasteiger partial charge in [-0.25, -0.2) is 4.99 Å². The SMILES string of the molecule is N/C(=C\C(=Nc1ccccc1Cl)c1ccc(C(=O)N2CCCC2Cc2cccc(Cl)c2)cc1)C(F)(F)F. The van der Waals surface area contributed by atoms with Gasteiger partial charge in [-0.2, -0.15) is 13.2 Å². The molecule has 1 amide bonds. The molecule has 1 saturated heterocycles. The molecule has 1 aliphatic rings. The summed E-state index contributed by atoms with van der Waals surface area (Å²) in [4.78, 5) is 19.5. The summed E-state index contributed by atoms with van der Waals surface area (Å²) < 4.78 is 39.5. The van der Waals surface area contributed by atoms with Crippen LogP contribution in [0.15, 0.2) is 89.6 Å². The third-order valence-electron chi connectivity index (χ3n) is 6.14. The van der Waals surface area contributed by atoms with E-state index in [9.17, 15) is 18.0 Å². The quantitative estimate of drug-likeness (QED) is 0.329. The van der Waals surface area contributed by atoms with Crippen molar-refractivity contribution in [3.05, 3.63) is 111 Å². The van der Waals surface area contributed by atoms with Crippen LogP contribution in [0, 0.1) is 0 Å². The van der Waals surface area contributed by atoms with Crippen LogP contribution in [0.4, 0.5) is 18.9 Å². The molecular formula is C28H24Cl2F3N3O. The van der Waals surface area contributed by atoms with E-state index < -0.39 is 11.9 Å². The maximum absolute atomic E-state index is 13.3. The smallest absolute Gasteiger partial charge is 0.395 e. The molecule has 1 fully saturated rings. The molecule has 192 valence electrons. The first-order valence-electron chi connectivity index (χ1n) is 11.7. The fraction of sp³-hybridized carbons (Fsp3) is 0.214. The molecule has 0 radical (unpaired) electrons. The Balaban J connectivity index is 1.60. The molecule has 0 aromatic heterocycles. The van der Waals surface area contributed by atoms with E-state index in [-0.39, 0.29) is 22.7 Å². The van der Waals surface area contributed by atoms with Gasteiger partial charge >= 0.3 is 6.18 Å². The molecule has 3 aromatic rings. The molecule has 4 rings (SSSR count). The van der Waals surface area contributed by atoms with Gasteiger partial charge in [0.25, 0.3) is 5.91 Å². The summed E-state index contributed by atoms with van der Waals surface area (Å²) in [6.07, 6.45) is -1.48. The highest BCUT2D eigenvalue weighted by atomic mass is 35.5. The van der Waals surface area contributed by atoms with Crippen LogP contribution in [-0.2, 0) is 6.42 Å². The van der Waals surface area contributed by atoms with Gasteiger partial charge in [0.2, 0.25) is 0 Å². The van der Waals surface area contributed by atoms with Gasteiger partial charge in [-0.3, -0.25) is 4.79 Å². The van der Waals surface area contributed by atoms with Gasteiger partial charge in [-0.05, 0) is 67.3 Å². The van der Waals surface area contributed by atoms with Crippen molar-refractivity contribution in [3.8, 4) is 0 Å². The summed E-state index contributed by atoms with van der Waals surface area (Å²) in [6.45, 7) is 0.635. The Morgan fingerprint density at radius 1 is 1.03 bits per heavy atom. The van der Waals surface area contributed by atoms with Gasteiger partial charge in [0, 0.05) is 28.7 Å². The first-order chi connectivity index (χ1) is 17.6. The summed E-state index contributed by atoms with van der Waals surface area (Å²) in [7, 11) is 0.